The summed E-state index contributed by atoms with van der Waals surface area (Å²) in [5, 5.41) is 3.62. The number of rotatable bonds is 5. The molecule has 1 aromatic carbocycles. The van der Waals surface area contributed by atoms with Crippen molar-refractivity contribution in [1.29, 1.82) is 0 Å². The Labute approximate surface area is 132 Å². The van der Waals surface area contributed by atoms with Crippen molar-refractivity contribution < 1.29 is 9.53 Å². The minimum Gasteiger partial charge on any atom is -0.483 e. The molecule has 2 aliphatic heterocycles. The van der Waals surface area contributed by atoms with E-state index in [1.54, 1.807) is 0 Å². The molecule has 0 saturated carbocycles. The van der Waals surface area contributed by atoms with Gasteiger partial charge in [0.25, 0.3) is 5.91 Å². The molecule has 2 fully saturated rings. The van der Waals surface area contributed by atoms with Crippen LogP contribution in [0.2, 0.25) is 0 Å². The van der Waals surface area contributed by atoms with E-state index in [9.17, 15) is 4.79 Å². The third-order valence-corrected chi connectivity index (χ3v) is 5.09. The van der Waals surface area contributed by atoms with Gasteiger partial charge in [0.05, 0.1) is 0 Å². The fourth-order valence-electron chi connectivity index (χ4n) is 3.73. The molecule has 120 valence electrons. The van der Waals surface area contributed by atoms with Crippen molar-refractivity contribution in [3.8, 4) is 5.75 Å². The lowest BCUT2D eigenvalue weighted by Gasteiger charge is -2.35. The van der Waals surface area contributed by atoms with Gasteiger partial charge in [-0.2, -0.15) is 0 Å². The molecule has 4 heteroatoms. The first kappa shape index (κ1) is 15.3. The molecule has 2 unspecified atom stereocenters. The van der Waals surface area contributed by atoms with Gasteiger partial charge in [-0.05, 0) is 43.7 Å². The Bertz CT molecular complexity index is 520. The highest BCUT2D eigenvalue weighted by atomic mass is 16.5. The molecule has 3 rings (SSSR count). The quantitative estimate of drug-likeness (QED) is 0.908. The minimum absolute atomic E-state index is 0.0807. The van der Waals surface area contributed by atoms with Crippen LogP contribution < -0.4 is 10.1 Å². The molecule has 22 heavy (non-hydrogen) atoms. The molecular weight excluding hydrogens is 276 g/mol. The maximum absolute atomic E-state index is 12.4. The number of para-hydroxylation sites is 1. The van der Waals surface area contributed by atoms with Crippen molar-refractivity contribution in [2.24, 2.45) is 0 Å². The number of amides is 1. The SMILES string of the molecule is CCc1ccccc1OCC(=O)N(C)C1CC2CCC(C1)N2. The van der Waals surface area contributed by atoms with Crippen molar-refractivity contribution in [1.82, 2.24) is 10.2 Å². The van der Waals surface area contributed by atoms with E-state index in [4.69, 9.17) is 4.74 Å². The van der Waals surface area contributed by atoms with Crippen molar-refractivity contribution in [2.75, 3.05) is 13.7 Å². The molecule has 2 saturated heterocycles. The van der Waals surface area contributed by atoms with Gasteiger partial charge < -0.3 is 15.0 Å². The molecule has 2 bridgehead atoms. The summed E-state index contributed by atoms with van der Waals surface area (Å²) in [6, 6.07) is 9.50. The first-order valence-electron chi connectivity index (χ1n) is 8.39. The van der Waals surface area contributed by atoms with Crippen molar-refractivity contribution in [3.63, 3.8) is 0 Å². The van der Waals surface area contributed by atoms with Gasteiger partial charge in [-0.3, -0.25) is 4.79 Å². The zero-order chi connectivity index (χ0) is 15.5. The van der Waals surface area contributed by atoms with Gasteiger partial charge in [0.1, 0.15) is 5.75 Å². The summed E-state index contributed by atoms with van der Waals surface area (Å²) in [7, 11) is 1.92. The number of likely N-dealkylation sites (N-methyl/N-ethyl adjacent to an activating group) is 1. The van der Waals surface area contributed by atoms with Crippen molar-refractivity contribution in [3.05, 3.63) is 29.8 Å². The van der Waals surface area contributed by atoms with Crippen LogP contribution in [-0.4, -0.2) is 42.6 Å². The smallest absolute Gasteiger partial charge is 0.260 e. The summed E-state index contributed by atoms with van der Waals surface area (Å²) in [6.45, 7) is 2.23. The Morgan fingerprint density at radius 1 is 1.27 bits per heavy atom. The number of carbonyl (C=O) groups excluding carboxylic acids is 1. The monoisotopic (exact) mass is 302 g/mol. The summed E-state index contributed by atoms with van der Waals surface area (Å²) < 4.78 is 5.76. The van der Waals surface area contributed by atoms with E-state index in [0.717, 1.165) is 30.6 Å². The molecule has 0 spiro atoms. The largest absolute Gasteiger partial charge is 0.483 e. The number of nitrogens with one attached hydrogen (secondary N) is 1. The highest BCUT2D eigenvalue weighted by molar-refractivity contribution is 5.77. The van der Waals surface area contributed by atoms with E-state index in [-0.39, 0.29) is 12.5 Å². The van der Waals surface area contributed by atoms with E-state index in [1.165, 1.54) is 12.8 Å². The van der Waals surface area contributed by atoms with E-state index in [0.29, 0.717) is 18.1 Å². The zero-order valence-electron chi connectivity index (χ0n) is 13.5. The molecule has 1 N–H and O–H groups in total. The van der Waals surface area contributed by atoms with Crippen LogP contribution in [0.1, 0.15) is 38.2 Å². The van der Waals surface area contributed by atoms with Crippen LogP contribution in [0.3, 0.4) is 0 Å². The Kier molecular flexibility index (Phi) is 4.67. The third-order valence-electron chi connectivity index (χ3n) is 5.09. The van der Waals surface area contributed by atoms with E-state index in [1.807, 2.05) is 36.2 Å². The zero-order valence-corrected chi connectivity index (χ0v) is 13.5. The molecule has 2 heterocycles. The molecule has 0 aliphatic carbocycles. The first-order chi connectivity index (χ1) is 10.7. The van der Waals surface area contributed by atoms with Gasteiger partial charge in [0.15, 0.2) is 6.61 Å². The van der Waals surface area contributed by atoms with Crippen LogP contribution in [0.5, 0.6) is 5.75 Å². The summed E-state index contributed by atoms with van der Waals surface area (Å²) in [5.74, 6) is 0.911. The second-order valence-corrected chi connectivity index (χ2v) is 6.52. The Hall–Kier alpha value is -1.55. The predicted molar refractivity (Wildman–Crippen MR) is 87.1 cm³/mol. The van der Waals surface area contributed by atoms with Crippen LogP contribution in [0.4, 0.5) is 0 Å². The van der Waals surface area contributed by atoms with Gasteiger partial charge in [-0.25, -0.2) is 0 Å². The number of fused-ring (bicyclic) bond motifs is 2. The van der Waals surface area contributed by atoms with Gasteiger partial charge in [0, 0.05) is 25.2 Å². The average molecular weight is 302 g/mol. The normalized spacial score (nSPS) is 26.7. The number of carbonyl (C=O) groups is 1. The summed E-state index contributed by atoms with van der Waals surface area (Å²) in [4.78, 5) is 14.3. The van der Waals surface area contributed by atoms with Crippen LogP contribution in [0, 0.1) is 0 Å². The number of benzene rings is 1. The van der Waals surface area contributed by atoms with Crippen molar-refractivity contribution in [2.45, 2.75) is 57.2 Å². The molecule has 1 amide bonds. The van der Waals surface area contributed by atoms with Crippen LogP contribution >= 0.6 is 0 Å². The topological polar surface area (TPSA) is 41.6 Å². The van der Waals surface area contributed by atoms with Gasteiger partial charge in [0.2, 0.25) is 0 Å². The number of aryl methyl sites for hydroxylation is 1. The Morgan fingerprint density at radius 2 is 1.95 bits per heavy atom. The van der Waals surface area contributed by atoms with E-state index >= 15 is 0 Å². The van der Waals surface area contributed by atoms with Crippen molar-refractivity contribution >= 4 is 5.91 Å². The van der Waals surface area contributed by atoms with Crippen LogP contribution in [0.25, 0.3) is 0 Å². The van der Waals surface area contributed by atoms with E-state index < -0.39 is 0 Å². The Balaban J connectivity index is 1.55. The Morgan fingerprint density at radius 3 is 2.64 bits per heavy atom. The fraction of sp³-hybridized carbons (Fsp3) is 0.611. The minimum atomic E-state index is 0.0807. The predicted octanol–water partition coefficient (Wildman–Crippen LogP) is 2.37. The van der Waals surface area contributed by atoms with Crippen LogP contribution in [-0.2, 0) is 11.2 Å². The highest BCUT2D eigenvalue weighted by Gasteiger charge is 2.36. The molecular formula is C18H26N2O2. The molecule has 0 radical (unpaired) electrons. The van der Waals surface area contributed by atoms with E-state index in [2.05, 4.69) is 12.2 Å². The third kappa shape index (κ3) is 3.27. The van der Waals surface area contributed by atoms with Gasteiger partial charge >= 0.3 is 0 Å². The molecule has 1 aromatic rings. The maximum Gasteiger partial charge on any atom is 0.260 e. The second-order valence-electron chi connectivity index (χ2n) is 6.52. The number of hydrogen-bond donors (Lipinski definition) is 1. The lowest BCUT2D eigenvalue weighted by molar-refractivity contribution is -0.134. The molecule has 4 nitrogen and oxygen atoms in total. The number of piperidine rings is 1. The first-order valence-corrected chi connectivity index (χ1v) is 8.39. The lowest BCUT2D eigenvalue weighted by atomic mass is 9.98. The number of hydrogen-bond acceptors (Lipinski definition) is 3. The second kappa shape index (κ2) is 6.69. The highest BCUT2D eigenvalue weighted by Crippen LogP contribution is 2.29. The lowest BCUT2D eigenvalue weighted by Crippen LogP contribution is -2.49. The molecule has 0 aromatic heterocycles. The maximum atomic E-state index is 12.4. The van der Waals surface area contributed by atoms with Gasteiger partial charge in [-0.1, -0.05) is 25.1 Å². The number of ether oxygens (including phenoxy) is 1. The summed E-state index contributed by atoms with van der Waals surface area (Å²) in [5.41, 5.74) is 1.15. The fourth-order valence-corrected chi connectivity index (χ4v) is 3.73. The molecule has 2 aliphatic rings. The average Bonchev–Trinajstić information content (AvgIpc) is 2.90. The van der Waals surface area contributed by atoms with Gasteiger partial charge in [-0.15, -0.1) is 0 Å². The summed E-state index contributed by atoms with van der Waals surface area (Å²) in [6.07, 6.45) is 5.57. The standard InChI is InChI=1S/C18H26N2O2/c1-3-13-6-4-5-7-17(13)22-12-18(21)20(2)16-10-14-8-9-15(11-16)19-14/h4-7,14-16,19H,3,8-12H2,1-2H3. The summed E-state index contributed by atoms with van der Waals surface area (Å²) >= 11 is 0. The van der Waals surface area contributed by atoms with Crippen LogP contribution in [0.15, 0.2) is 24.3 Å². The number of nitrogens with zero attached hydrogens (tertiary/aromatic N) is 1. The molecule has 2 atom stereocenters.